The fourth-order valence-electron chi connectivity index (χ4n) is 4.00. The summed E-state index contributed by atoms with van der Waals surface area (Å²) >= 11 is 0. The molecule has 0 saturated heterocycles. The Labute approximate surface area is 208 Å². The average Bonchev–Trinajstić information content (AvgIpc) is 3.37. The van der Waals surface area contributed by atoms with E-state index in [1.54, 1.807) is 6.20 Å². The molecule has 0 bridgehead atoms. The molecule has 6 nitrogen and oxygen atoms in total. The van der Waals surface area contributed by atoms with E-state index in [4.69, 9.17) is 9.84 Å². The monoisotopic (exact) mass is 616 g/mol. The van der Waals surface area contributed by atoms with Gasteiger partial charge in [-0.25, -0.2) is 0 Å². The molecule has 1 aliphatic heterocycles. The Balaban J connectivity index is 0.00000259. The number of hydrogen-bond donors (Lipinski definition) is 0. The van der Waals surface area contributed by atoms with Gasteiger partial charge in [0, 0.05) is 59.6 Å². The van der Waals surface area contributed by atoms with Crippen LogP contribution < -0.4 is 4.74 Å². The molecule has 1 aliphatic rings. The number of pyridine rings is 1. The van der Waals surface area contributed by atoms with Crippen molar-refractivity contribution in [3.63, 3.8) is 0 Å². The Morgan fingerprint density at radius 3 is 2.48 bits per heavy atom. The van der Waals surface area contributed by atoms with Crippen molar-refractivity contribution < 1.29 is 25.8 Å². The molecule has 33 heavy (non-hydrogen) atoms. The second-order valence-electron chi connectivity index (χ2n) is 7.76. The Morgan fingerprint density at radius 1 is 0.970 bits per heavy atom. The second kappa shape index (κ2) is 9.72. The zero-order valence-electron chi connectivity index (χ0n) is 18.6. The fourth-order valence-corrected chi connectivity index (χ4v) is 4.00. The predicted molar refractivity (Wildman–Crippen MR) is 124 cm³/mol. The van der Waals surface area contributed by atoms with E-state index >= 15 is 0 Å². The Kier molecular flexibility index (Phi) is 6.75. The number of aromatic nitrogens is 3. The van der Waals surface area contributed by atoms with Gasteiger partial charge in [-0.2, -0.15) is 11.2 Å². The first-order valence-electron chi connectivity index (χ1n) is 10.6. The van der Waals surface area contributed by atoms with E-state index in [0.29, 0.717) is 11.5 Å². The van der Waals surface area contributed by atoms with Crippen molar-refractivity contribution in [2.24, 2.45) is 4.99 Å². The average molecular weight is 617 g/mol. The Bertz CT molecular complexity index is 1300. The van der Waals surface area contributed by atoms with Crippen molar-refractivity contribution in [3.8, 4) is 28.3 Å². The van der Waals surface area contributed by atoms with E-state index in [1.807, 2.05) is 73.4 Å². The number of nitrogens with zero attached hydrogens (tertiary/aromatic N) is 5. The van der Waals surface area contributed by atoms with E-state index in [2.05, 4.69) is 33.9 Å². The Hall–Kier alpha value is -3.24. The molecule has 4 aromatic rings. The second-order valence-corrected chi connectivity index (χ2v) is 7.76. The molecular weight excluding hydrogens is 593 g/mol. The van der Waals surface area contributed by atoms with Crippen molar-refractivity contribution in [2.45, 2.75) is 13.8 Å². The van der Waals surface area contributed by atoms with Gasteiger partial charge < -0.3 is 14.6 Å². The van der Waals surface area contributed by atoms with Gasteiger partial charge in [0.1, 0.15) is 0 Å². The first-order valence-corrected chi connectivity index (χ1v) is 10.6. The van der Waals surface area contributed by atoms with Crippen LogP contribution in [0.15, 0.2) is 65.9 Å². The first-order chi connectivity index (χ1) is 15.6. The molecule has 0 fully saturated rings. The van der Waals surface area contributed by atoms with Gasteiger partial charge in [0.05, 0.1) is 5.69 Å². The zero-order valence-corrected chi connectivity index (χ0v) is 20.9. The van der Waals surface area contributed by atoms with Crippen LogP contribution in [0.2, 0.25) is 0 Å². The summed E-state index contributed by atoms with van der Waals surface area (Å²) in [6.07, 6.45) is 3.63. The molecule has 0 amide bonds. The predicted octanol–water partition coefficient (Wildman–Crippen LogP) is 4.63. The van der Waals surface area contributed by atoms with Gasteiger partial charge in [-0.1, -0.05) is 12.1 Å². The molecule has 0 atom stereocenters. The molecule has 3 heterocycles. The summed E-state index contributed by atoms with van der Waals surface area (Å²) in [5, 5.41) is 4.75. The van der Waals surface area contributed by atoms with Crippen LogP contribution in [0, 0.1) is 26.0 Å². The van der Waals surface area contributed by atoms with E-state index in [9.17, 15) is 0 Å². The van der Waals surface area contributed by atoms with E-state index in [1.165, 1.54) is 0 Å². The number of aryl methyl sites for hydroxylation is 1. The molecule has 2 aromatic heterocycles. The summed E-state index contributed by atoms with van der Waals surface area (Å²) in [6.45, 7) is 5.80. The third kappa shape index (κ3) is 4.62. The number of hydrogen-bond acceptors (Lipinski definition) is 5. The van der Waals surface area contributed by atoms with Gasteiger partial charge in [-0.05, 0) is 32.6 Å². The third-order valence-corrected chi connectivity index (χ3v) is 5.51. The molecule has 7 heteroatoms. The largest absolute Gasteiger partial charge is 2.00 e. The molecular formula is C26H23N5OPt. The molecule has 0 saturated carbocycles. The number of aliphatic imine (C=N–C) groups is 1. The first kappa shape index (κ1) is 22.9. The minimum atomic E-state index is 0. The normalized spacial score (nSPS) is 12.9. The quantitative estimate of drug-likeness (QED) is 0.307. The zero-order chi connectivity index (χ0) is 22.1. The fraction of sp³-hybridized carbons (Fsp3) is 0.192. The topological polar surface area (TPSA) is 55.5 Å². The molecule has 0 spiro atoms. The van der Waals surface area contributed by atoms with Gasteiger partial charge >= 0.3 is 21.1 Å². The van der Waals surface area contributed by atoms with E-state index in [0.717, 1.165) is 52.7 Å². The minimum Gasteiger partial charge on any atom is -0.503 e. The van der Waals surface area contributed by atoms with Gasteiger partial charge in [0.15, 0.2) is 0 Å². The van der Waals surface area contributed by atoms with Crippen LogP contribution >= 0.6 is 0 Å². The molecule has 0 aliphatic carbocycles. The molecule has 5 rings (SSSR count). The summed E-state index contributed by atoms with van der Waals surface area (Å²) in [7, 11) is 2.04. The summed E-state index contributed by atoms with van der Waals surface area (Å²) in [5.74, 6) is 2.18. The molecule has 0 radical (unpaired) electrons. The van der Waals surface area contributed by atoms with Crippen LogP contribution in [-0.2, 0) is 21.1 Å². The van der Waals surface area contributed by atoms with Crippen LogP contribution in [0.1, 0.15) is 17.0 Å². The summed E-state index contributed by atoms with van der Waals surface area (Å²) in [6, 6.07) is 22.3. The maximum absolute atomic E-state index is 6.10. The van der Waals surface area contributed by atoms with Crippen molar-refractivity contribution in [1.29, 1.82) is 0 Å². The van der Waals surface area contributed by atoms with Gasteiger partial charge in [0.2, 0.25) is 0 Å². The number of rotatable bonds is 5. The van der Waals surface area contributed by atoms with E-state index < -0.39 is 0 Å². The molecule has 0 unspecified atom stereocenters. The van der Waals surface area contributed by atoms with Crippen LogP contribution in [0.5, 0.6) is 11.5 Å². The summed E-state index contributed by atoms with van der Waals surface area (Å²) < 4.78 is 8.00. The molecule has 168 valence electrons. The number of benzene rings is 2. The van der Waals surface area contributed by atoms with Crippen molar-refractivity contribution in [3.05, 3.63) is 90.0 Å². The Morgan fingerprint density at radius 2 is 1.76 bits per heavy atom. The number of ether oxygens (including phenoxy) is 1. The number of amidine groups is 1. The summed E-state index contributed by atoms with van der Waals surface area (Å²) in [5.41, 5.74) is 5.85. The number of likely N-dealkylation sites (N-methyl/N-ethyl adjacent to an activating group) is 1. The minimum absolute atomic E-state index is 0. The standard InChI is InChI=1S/C26H23N5O.Pt/c1-18-25(21-8-6-12-27-17-21)19(2)31(29-18)22-9-5-11-24(16-22)32-23-10-4-7-20(15-23)26-28-13-14-30(26)3;/h4-12,17H,13-14H2,1-3H3;/q-2;+2. The van der Waals surface area contributed by atoms with Gasteiger partial charge in [-0.15, -0.1) is 42.0 Å². The molecule has 2 aromatic carbocycles. The maximum atomic E-state index is 6.10. The van der Waals surface area contributed by atoms with Gasteiger partial charge in [-0.3, -0.25) is 9.67 Å². The summed E-state index contributed by atoms with van der Waals surface area (Å²) in [4.78, 5) is 10.9. The molecule has 0 N–H and O–H groups in total. The van der Waals surface area contributed by atoms with Crippen LogP contribution in [0.4, 0.5) is 0 Å². The van der Waals surface area contributed by atoms with E-state index in [-0.39, 0.29) is 21.1 Å². The van der Waals surface area contributed by atoms with Crippen LogP contribution in [0.25, 0.3) is 16.8 Å². The smallest absolute Gasteiger partial charge is 0.503 e. The van der Waals surface area contributed by atoms with Crippen LogP contribution in [-0.4, -0.2) is 45.6 Å². The van der Waals surface area contributed by atoms with Crippen molar-refractivity contribution in [1.82, 2.24) is 19.7 Å². The SMILES string of the molecule is Cc1nn(-c2[c-]c(Oc3[c-]c(C4=NCCN4C)ccc3)ccc2)c(C)c1-c1cccnc1.[Pt+2]. The third-order valence-electron chi connectivity index (χ3n) is 5.51. The van der Waals surface area contributed by atoms with Gasteiger partial charge in [0.25, 0.3) is 0 Å². The van der Waals surface area contributed by atoms with Crippen molar-refractivity contribution >= 4 is 5.84 Å². The maximum Gasteiger partial charge on any atom is 2.00 e. The van der Waals surface area contributed by atoms with Crippen molar-refractivity contribution in [2.75, 3.05) is 20.1 Å². The van der Waals surface area contributed by atoms with Crippen LogP contribution in [0.3, 0.4) is 0 Å².